The van der Waals surface area contributed by atoms with Crippen LogP contribution in [-0.4, -0.2) is 42.8 Å². The number of rotatable bonds is 4. The first-order chi connectivity index (χ1) is 10.1. The summed E-state index contributed by atoms with van der Waals surface area (Å²) in [6, 6.07) is -0.583. The van der Waals surface area contributed by atoms with Crippen LogP contribution in [0.1, 0.15) is 39.0 Å². The molecular formula is C15H25N3O3. The van der Waals surface area contributed by atoms with Gasteiger partial charge in [-0.15, -0.1) is 0 Å². The molecule has 1 fully saturated rings. The number of allylic oxidation sites excluding steroid dienone is 1. The Labute approximate surface area is 125 Å². The minimum Gasteiger partial charge on any atom is -0.465 e. The number of hydrogen-bond donors (Lipinski definition) is 2. The van der Waals surface area contributed by atoms with Gasteiger partial charge < -0.3 is 10.5 Å². The Balaban J connectivity index is 2.19. The summed E-state index contributed by atoms with van der Waals surface area (Å²) in [6.07, 6.45) is 9.39. The molecule has 2 aliphatic rings. The van der Waals surface area contributed by atoms with Gasteiger partial charge in [-0.3, -0.25) is 15.0 Å². The van der Waals surface area contributed by atoms with E-state index >= 15 is 0 Å². The molecule has 1 saturated heterocycles. The van der Waals surface area contributed by atoms with Crippen molar-refractivity contribution >= 4 is 12.0 Å². The van der Waals surface area contributed by atoms with Crippen LogP contribution in [0.4, 0.5) is 4.79 Å². The highest BCUT2D eigenvalue weighted by Gasteiger charge is 2.44. The van der Waals surface area contributed by atoms with Gasteiger partial charge in [-0.1, -0.05) is 12.2 Å². The number of nitrogens with one attached hydrogen (secondary N) is 1. The molecule has 1 aliphatic heterocycles. The Morgan fingerprint density at radius 2 is 2.19 bits per heavy atom. The first kappa shape index (κ1) is 15.8. The maximum absolute atomic E-state index is 11.8. The van der Waals surface area contributed by atoms with Crippen LogP contribution in [0.15, 0.2) is 12.2 Å². The zero-order valence-electron chi connectivity index (χ0n) is 12.6. The lowest BCUT2D eigenvalue weighted by atomic mass is 9.70. The van der Waals surface area contributed by atoms with Crippen molar-refractivity contribution in [3.63, 3.8) is 0 Å². The number of ether oxygens (including phenoxy) is 1. The Kier molecular flexibility index (Phi) is 5.22. The van der Waals surface area contributed by atoms with Gasteiger partial charge in [-0.05, 0) is 45.6 Å². The summed E-state index contributed by atoms with van der Waals surface area (Å²) in [5.41, 5.74) is 5.40. The normalized spacial score (nSPS) is 28.3. The van der Waals surface area contributed by atoms with Gasteiger partial charge in [-0.2, -0.15) is 0 Å². The van der Waals surface area contributed by atoms with Crippen LogP contribution >= 0.6 is 0 Å². The largest absolute Gasteiger partial charge is 0.465 e. The molecule has 0 aromatic heterocycles. The second-order valence-electron chi connectivity index (χ2n) is 5.76. The third-order valence-corrected chi connectivity index (χ3v) is 4.36. The van der Waals surface area contributed by atoms with E-state index in [0.717, 1.165) is 38.6 Å². The summed E-state index contributed by atoms with van der Waals surface area (Å²) in [5, 5.41) is 3.37. The number of carbonyl (C=O) groups is 2. The maximum atomic E-state index is 11.8. The minimum absolute atomic E-state index is 0.101. The van der Waals surface area contributed by atoms with E-state index < -0.39 is 12.0 Å². The molecule has 2 amide bonds. The van der Waals surface area contributed by atoms with Crippen molar-refractivity contribution in [1.29, 1.82) is 0 Å². The van der Waals surface area contributed by atoms with E-state index in [4.69, 9.17) is 10.5 Å². The highest BCUT2D eigenvalue weighted by molar-refractivity contribution is 5.80. The third-order valence-electron chi connectivity index (χ3n) is 4.36. The average molecular weight is 295 g/mol. The van der Waals surface area contributed by atoms with Crippen molar-refractivity contribution in [2.45, 2.75) is 45.2 Å². The van der Waals surface area contributed by atoms with Crippen LogP contribution in [0.2, 0.25) is 0 Å². The fraction of sp³-hybridized carbons (Fsp3) is 0.733. The van der Waals surface area contributed by atoms with Gasteiger partial charge in [0.1, 0.15) is 6.54 Å². The number of hydrogen-bond acceptors (Lipinski definition) is 4. The summed E-state index contributed by atoms with van der Waals surface area (Å²) in [7, 11) is 0. The Bertz CT molecular complexity index is 424. The summed E-state index contributed by atoms with van der Waals surface area (Å²) in [6.45, 7) is 2.77. The lowest BCUT2D eigenvalue weighted by Crippen LogP contribution is -2.62. The molecule has 0 saturated carbocycles. The molecule has 6 heteroatoms. The molecule has 3 N–H and O–H groups in total. The van der Waals surface area contributed by atoms with Crippen LogP contribution in [0.5, 0.6) is 0 Å². The smallest absolute Gasteiger partial charge is 0.325 e. The van der Waals surface area contributed by atoms with Crippen LogP contribution < -0.4 is 11.1 Å². The summed E-state index contributed by atoms with van der Waals surface area (Å²) < 4.78 is 4.95. The Hall–Kier alpha value is -1.56. The monoisotopic (exact) mass is 295 g/mol. The molecule has 0 bridgehead atoms. The summed E-state index contributed by atoms with van der Waals surface area (Å²) in [4.78, 5) is 25.0. The van der Waals surface area contributed by atoms with Gasteiger partial charge in [0.05, 0.1) is 12.8 Å². The van der Waals surface area contributed by atoms with Gasteiger partial charge in [0, 0.05) is 5.41 Å². The molecule has 1 aliphatic carbocycles. The fourth-order valence-corrected chi connectivity index (χ4v) is 3.45. The molecule has 6 nitrogen and oxygen atoms in total. The highest BCUT2D eigenvalue weighted by Crippen LogP contribution is 2.42. The van der Waals surface area contributed by atoms with Crippen molar-refractivity contribution in [2.24, 2.45) is 11.1 Å². The third kappa shape index (κ3) is 3.56. The molecule has 1 heterocycles. The van der Waals surface area contributed by atoms with E-state index in [1.54, 1.807) is 6.92 Å². The van der Waals surface area contributed by atoms with Crippen LogP contribution in [0, 0.1) is 5.41 Å². The molecule has 21 heavy (non-hydrogen) atoms. The van der Waals surface area contributed by atoms with Gasteiger partial charge >= 0.3 is 12.0 Å². The lowest BCUT2D eigenvalue weighted by Gasteiger charge is -2.48. The highest BCUT2D eigenvalue weighted by atomic mass is 16.5. The van der Waals surface area contributed by atoms with Gasteiger partial charge in [0.15, 0.2) is 0 Å². The van der Waals surface area contributed by atoms with Gasteiger partial charge in [0.2, 0.25) is 0 Å². The topological polar surface area (TPSA) is 84.7 Å². The molecular weight excluding hydrogens is 270 g/mol. The van der Waals surface area contributed by atoms with Crippen LogP contribution in [-0.2, 0) is 9.53 Å². The van der Waals surface area contributed by atoms with E-state index in [0.29, 0.717) is 6.61 Å². The SMILES string of the molecule is CCOC(=O)CN(C(N)=O)C1NCCCC12C=CCCC2. The van der Waals surface area contributed by atoms with E-state index in [1.807, 2.05) is 0 Å². The maximum Gasteiger partial charge on any atom is 0.325 e. The standard InChI is InChI=1S/C15H25N3O3/c1-2-21-12(19)11-18(14(16)20)13-15(9-6-10-17-13)7-4-3-5-8-15/h4,7,13,17H,2-3,5-6,8-11H2,1H3,(H2,16,20). The predicted octanol–water partition coefficient (Wildman–Crippen LogP) is 1.37. The quantitative estimate of drug-likeness (QED) is 0.606. The number of nitrogens with zero attached hydrogens (tertiary/aromatic N) is 1. The van der Waals surface area contributed by atoms with Crippen molar-refractivity contribution in [1.82, 2.24) is 10.2 Å². The first-order valence-electron chi connectivity index (χ1n) is 7.72. The van der Waals surface area contributed by atoms with Crippen molar-refractivity contribution in [3.05, 3.63) is 12.2 Å². The Morgan fingerprint density at radius 1 is 1.43 bits per heavy atom. The van der Waals surface area contributed by atoms with Crippen molar-refractivity contribution < 1.29 is 14.3 Å². The molecule has 118 valence electrons. The second-order valence-corrected chi connectivity index (χ2v) is 5.76. The number of primary amides is 1. The van der Waals surface area contributed by atoms with Crippen molar-refractivity contribution in [3.8, 4) is 0 Å². The first-order valence-corrected chi connectivity index (χ1v) is 7.72. The fourth-order valence-electron chi connectivity index (χ4n) is 3.45. The Morgan fingerprint density at radius 3 is 2.81 bits per heavy atom. The molecule has 0 aromatic rings. The molecule has 0 aromatic carbocycles. The minimum atomic E-state index is -0.583. The molecule has 2 unspecified atom stereocenters. The number of esters is 1. The molecule has 0 radical (unpaired) electrons. The van der Waals surface area contributed by atoms with Gasteiger partial charge in [0.25, 0.3) is 0 Å². The number of piperidine rings is 1. The summed E-state index contributed by atoms with van der Waals surface area (Å²) in [5.74, 6) is -0.418. The number of nitrogens with two attached hydrogens (primary N) is 1. The predicted molar refractivity (Wildman–Crippen MR) is 79.4 cm³/mol. The lowest BCUT2D eigenvalue weighted by molar-refractivity contribution is -0.145. The zero-order valence-corrected chi connectivity index (χ0v) is 12.6. The van der Waals surface area contributed by atoms with E-state index in [2.05, 4.69) is 17.5 Å². The van der Waals surface area contributed by atoms with Crippen molar-refractivity contribution in [2.75, 3.05) is 19.7 Å². The number of amides is 2. The van der Waals surface area contributed by atoms with Gasteiger partial charge in [-0.25, -0.2) is 4.79 Å². The molecule has 1 spiro atoms. The van der Waals surface area contributed by atoms with Crippen LogP contribution in [0.25, 0.3) is 0 Å². The molecule has 2 atom stereocenters. The summed E-state index contributed by atoms with van der Waals surface area (Å²) >= 11 is 0. The van der Waals surface area contributed by atoms with E-state index in [-0.39, 0.29) is 18.1 Å². The zero-order chi connectivity index (χ0) is 15.3. The van der Waals surface area contributed by atoms with Crippen LogP contribution in [0.3, 0.4) is 0 Å². The van der Waals surface area contributed by atoms with E-state index in [9.17, 15) is 9.59 Å². The average Bonchev–Trinajstić information content (AvgIpc) is 2.47. The van der Waals surface area contributed by atoms with E-state index in [1.165, 1.54) is 4.90 Å². The number of urea groups is 1. The number of carbonyl (C=O) groups excluding carboxylic acids is 2. The second kappa shape index (κ2) is 6.93. The molecule has 2 rings (SSSR count).